The summed E-state index contributed by atoms with van der Waals surface area (Å²) in [7, 11) is 0. The summed E-state index contributed by atoms with van der Waals surface area (Å²) in [5.41, 5.74) is -1.02. The number of nitrogens with one attached hydrogen (secondary N) is 1. The smallest absolute Gasteiger partial charge is 0.370 e. The van der Waals surface area contributed by atoms with Gasteiger partial charge in [-0.1, -0.05) is 23.4 Å². The lowest BCUT2D eigenvalue weighted by Crippen LogP contribution is -2.14. The molecule has 0 aliphatic rings. The SMILES string of the molecule is CCNc1nc(SC)nc(Cl)c1C(F)(F)F. The van der Waals surface area contributed by atoms with Gasteiger partial charge in [0.1, 0.15) is 16.5 Å². The molecule has 0 saturated heterocycles. The van der Waals surface area contributed by atoms with Gasteiger partial charge in [0.05, 0.1) is 0 Å². The summed E-state index contributed by atoms with van der Waals surface area (Å²) >= 11 is 6.64. The van der Waals surface area contributed by atoms with Gasteiger partial charge in [-0.25, -0.2) is 9.97 Å². The Morgan fingerprint density at radius 2 is 2.00 bits per heavy atom. The molecule has 0 saturated carbocycles. The molecule has 8 heteroatoms. The van der Waals surface area contributed by atoms with E-state index in [4.69, 9.17) is 11.6 Å². The average molecular weight is 272 g/mol. The van der Waals surface area contributed by atoms with E-state index >= 15 is 0 Å². The van der Waals surface area contributed by atoms with E-state index in [1.165, 1.54) is 0 Å². The molecule has 3 nitrogen and oxygen atoms in total. The fourth-order valence-corrected chi connectivity index (χ4v) is 1.74. The van der Waals surface area contributed by atoms with Crippen LogP contribution in [-0.4, -0.2) is 22.8 Å². The summed E-state index contributed by atoms with van der Waals surface area (Å²) in [6.07, 6.45) is -2.90. The summed E-state index contributed by atoms with van der Waals surface area (Å²) in [5.74, 6) is -0.278. The Labute approximate surface area is 99.8 Å². The molecule has 0 bridgehead atoms. The van der Waals surface area contributed by atoms with E-state index in [0.29, 0.717) is 6.54 Å². The van der Waals surface area contributed by atoms with E-state index in [0.717, 1.165) is 11.8 Å². The average Bonchev–Trinajstić information content (AvgIpc) is 2.15. The van der Waals surface area contributed by atoms with Crippen LogP contribution in [0.5, 0.6) is 0 Å². The van der Waals surface area contributed by atoms with Crippen LogP contribution in [0.1, 0.15) is 12.5 Å². The summed E-state index contributed by atoms with van der Waals surface area (Å²) in [5, 5.41) is 2.15. The van der Waals surface area contributed by atoms with Gasteiger partial charge >= 0.3 is 6.18 Å². The van der Waals surface area contributed by atoms with E-state index < -0.39 is 16.9 Å². The van der Waals surface area contributed by atoms with Crippen molar-refractivity contribution in [3.63, 3.8) is 0 Å². The van der Waals surface area contributed by atoms with Crippen LogP contribution in [0.15, 0.2) is 5.16 Å². The molecule has 0 fully saturated rings. The van der Waals surface area contributed by atoms with Crippen molar-refractivity contribution in [1.29, 1.82) is 0 Å². The highest BCUT2D eigenvalue weighted by Gasteiger charge is 2.38. The topological polar surface area (TPSA) is 37.8 Å². The molecule has 1 N–H and O–H groups in total. The van der Waals surface area contributed by atoms with Crippen molar-refractivity contribution in [2.45, 2.75) is 18.3 Å². The highest BCUT2D eigenvalue weighted by Crippen LogP contribution is 2.38. The molecule has 1 rings (SSSR count). The number of thioether (sulfide) groups is 1. The molecular weight excluding hydrogens is 263 g/mol. The number of alkyl halides is 3. The van der Waals surface area contributed by atoms with Crippen molar-refractivity contribution >= 4 is 29.2 Å². The fraction of sp³-hybridized carbons (Fsp3) is 0.500. The first kappa shape index (κ1) is 13.4. The van der Waals surface area contributed by atoms with Gasteiger partial charge in [0.15, 0.2) is 5.16 Å². The van der Waals surface area contributed by atoms with Crippen LogP contribution in [0.2, 0.25) is 5.15 Å². The number of nitrogens with zero attached hydrogens (tertiary/aromatic N) is 2. The molecule has 0 unspecified atom stereocenters. The summed E-state index contributed by atoms with van der Waals surface area (Å²) in [4.78, 5) is 7.30. The highest BCUT2D eigenvalue weighted by atomic mass is 35.5. The van der Waals surface area contributed by atoms with Gasteiger partial charge in [-0.05, 0) is 13.2 Å². The monoisotopic (exact) mass is 271 g/mol. The lowest BCUT2D eigenvalue weighted by Gasteiger charge is -2.14. The van der Waals surface area contributed by atoms with Crippen molar-refractivity contribution in [1.82, 2.24) is 9.97 Å². The molecule has 1 heterocycles. The van der Waals surface area contributed by atoms with Gasteiger partial charge in [0.25, 0.3) is 0 Å². The number of hydrogen-bond donors (Lipinski definition) is 1. The van der Waals surface area contributed by atoms with Crippen molar-refractivity contribution in [3.8, 4) is 0 Å². The Hall–Kier alpha value is -0.690. The first-order valence-corrected chi connectivity index (χ1v) is 5.93. The molecule has 0 atom stereocenters. The van der Waals surface area contributed by atoms with E-state index in [1.54, 1.807) is 13.2 Å². The molecule has 0 aliphatic heterocycles. The first-order chi connectivity index (χ1) is 7.40. The molecule has 0 radical (unpaired) electrons. The number of halogens is 4. The van der Waals surface area contributed by atoms with Crippen molar-refractivity contribution < 1.29 is 13.2 Å². The molecular formula is C8H9ClF3N3S. The Bertz CT molecular complexity index is 384. The van der Waals surface area contributed by atoms with Crippen LogP contribution >= 0.6 is 23.4 Å². The zero-order chi connectivity index (χ0) is 12.3. The predicted molar refractivity (Wildman–Crippen MR) is 58.0 cm³/mol. The molecule has 1 aromatic heterocycles. The number of rotatable bonds is 3. The minimum absolute atomic E-state index is 0.203. The van der Waals surface area contributed by atoms with Crippen LogP contribution in [0, 0.1) is 0 Å². The van der Waals surface area contributed by atoms with E-state index in [9.17, 15) is 13.2 Å². The van der Waals surface area contributed by atoms with Crippen LogP contribution in [0.4, 0.5) is 19.0 Å². The molecule has 90 valence electrons. The summed E-state index contributed by atoms with van der Waals surface area (Å²) < 4.78 is 38.0. The second kappa shape index (κ2) is 5.09. The molecule has 16 heavy (non-hydrogen) atoms. The van der Waals surface area contributed by atoms with E-state index in [2.05, 4.69) is 15.3 Å². The standard InChI is InChI=1S/C8H9ClF3N3S/c1-3-13-6-4(8(10,11)12)5(9)14-7(15-6)16-2/h3H2,1-2H3,(H,13,14,15). The van der Waals surface area contributed by atoms with Crippen molar-refractivity contribution in [2.75, 3.05) is 18.1 Å². The maximum absolute atomic E-state index is 12.7. The minimum atomic E-state index is -4.56. The highest BCUT2D eigenvalue weighted by molar-refractivity contribution is 7.98. The van der Waals surface area contributed by atoms with Gasteiger partial charge in [-0.15, -0.1) is 0 Å². The van der Waals surface area contributed by atoms with Gasteiger partial charge in [0, 0.05) is 6.54 Å². The predicted octanol–water partition coefficient (Wildman–Crippen LogP) is 3.30. The minimum Gasteiger partial charge on any atom is -0.370 e. The van der Waals surface area contributed by atoms with E-state index in [-0.39, 0.29) is 11.0 Å². The zero-order valence-corrected chi connectivity index (χ0v) is 10.1. The van der Waals surface area contributed by atoms with Crippen LogP contribution in [0.25, 0.3) is 0 Å². The van der Waals surface area contributed by atoms with Crippen LogP contribution in [0.3, 0.4) is 0 Å². The maximum atomic E-state index is 12.7. The molecule has 0 amide bonds. The van der Waals surface area contributed by atoms with Gasteiger partial charge < -0.3 is 5.32 Å². The summed E-state index contributed by atoms with van der Waals surface area (Å²) in [6, 6.07) is 0. The maximum Gasteiger partial charge on any atom is 0.422 e. The van der Waals surface area contributed by atoms with Gasteiger partial charge in [-0.3, -0.25) is 0 Å². The van der Waals surface area contributed by atoms with Crippen LogP contribution < -0.4 is 5.32 Å². The molecule has 1 aromatic rings. The van der Waals surface area contributed by atoms with Crippen LogP contribution in [-0.2, 0) is 6.18 Å². The summed E-state index contributed by atoms with van der Waals surface area (Å²) in [6.45, 7) is 2.00. The number of aromatic nitrogens is 2. The van der Waals surface area contributed by atoms with Crippen molar-refractivity contribution in [3.05, 3.63) is 10.7 Å². The quantitative estimate of drug-likeness (QED) is 0.520. The van der Waals surface area contributed by atoms with Gasteiger partial charge in [0.2, 0.25) is 0 Å². The Morgan fingerprint density at radius 3 is 2.44 bits per heavy atom. The Morgan fingerprint density at radius 1 is 1.38 bits per heavy atom. The Balaban J connectivity index is 3.34. The normalized spacial score (nSPS) is 11.6. The third kappa shape index (κ3) is 2.91. The third-order valence-electron chi connectivity index (χ3n) is 1.65. The second-order valence-electron chi connectivity index (χ2n) is 2.75. The van der Waals surface area contributed by atoms with Gasteiger partial charge in [-0.2, -0.15) is 13.2 Å². The zero-order valence-electron chi connectivity index (χ0n) is 8.52. The third-order valence-corrected chi connectivity index (χ3v) is 2.48. The lowest BCUT2D eigenvalue weighted by atomic mass is 10.3. The van der Waals surface area contributed by atoms with E-state index in [1.807, 2.05) is 0 Å². The van der Waals surface area contributed by atoms with Crippen molar-refractivity contribution in [2.24, 2.45) is 0 Å². The molecule has 0 spiro atoms. The number of hydrogen-bond acceptors (Lipinski definition) is 4. The number of anilines is 1. The largest absolute Gasteiger partial charge is 0.422 e. The first-order valence-electron chi connectivity index (χ1n) is 4.32. The Kier molecular flexibility index (Phi) is 4.26. The second-order valence-corrected chi connectivity index (χ2v) is 3.88. The lowest BCUT2D eigenvalue weighted by molar-refractivity contribution is -0.137. The fourth-order valence-electron chi connectivity index (χ4n) is 1.05. The molecule has 0 aromatic carbocycles. The molecule has 0 aliphatic carbocycles.